The largest absolute Gasteiger partial charge is 0.478 e. The number of hydrogen-bond acceptors (Lipinski definition) is 8. The highest BCUT2D eigenvalue weighted by Gasteiger charge is 2.38. The van der Waals surface area contributed by atoms with Gasteiger partial charge in [0.15, 0.2) is 6.29 Å². The Morgan fingerprint density at radius 2 is 1.47 bits per heavy atom. The van der Waals surface area contributed by atoms with Crippen LogP contribution in [0.25, 0.3) is 11.1 Å². The summed E-state index contributed by atoms with van der Waals surface area (Å²) in [4.78, 5) is 37.6. The topological polar surface area (TPSA) is 143 Å². The van der Waals surface area contributed by atoms with Crippen LogP contribution in [-0.2, 0) is 38.6 Å². The molecule has 6 rings (SSSR count). The number of nitrogens with one attached hydrogen (secondary N) is 2. The van der Waals surface area contributed by atoms with Crippen LogP contribution >= 0.6 is 11.8 Å². The predicted molar refractivity (Wildman–Crippen MR) is 210 cm³/mol. The minimum Gasteiger partial charge on any atom is -0.478 e. The van der Waals surface area contributed by atoms with Crippen LogP contribution in [0.5, 0.6) is 0 Å². The van der Waals surface area contributed by atoms with Crippen LogP contribution in [0.1, 0.15) is 57.5 Å². The quantitative estimate of drug-likeness (QED) is 0.0661. The van der Waals surface area contributed by atoms with E-state index in [9.17, 15) is 24.6 Å². The third kappa shape index (κ3) is 10.4. The summed E-state index contributed by atoms with van der Waals surface area (Å²) in [7, 11) is 1.30. The van der Waals surface area contributed by atoms with E-state index in [0.717, 1.165) is 43.8 Å². The maximum atomic E-state index is 12.9. The van der Waals surface area contributed by atoms with E-state index in [4.69, 9.17) is 14.2 Å². The monoisotopic (exact) mass is 760 g/mol. The Morgan fingerprint density at radius 3 is 2.16 bits per heavy atom. The smallest absolute Gasteiger partial charge is 0.335 e. The first-order chi connectivity index (χ1) is 26.7. The van der Waals surface area contributed by atoms with E-state index in [1.54, 1.807) is 23.9 Å². The van der Waals surface area contributed by atoms with Crippen LogP contribution in [0, 0.1) is 5.92 Å². The molecule has 0 aliphatic carbocycles. The highest BCUT2D eigenvalue weighted by molar-refractivity contribution is 7.99. The van der Waals surface area contributed by atoms with Crippen molar-refractivity contribution in [3.05, 3.63) is 161 Å². The molecule has 4 N–H and O–H groups in total. The summed E-state index contributed by atoms with van der Waals surface area (Å²) in [5, 5.41) is 24.5. The van der Waals surface area contributed by atoms with Gasteiger partial charge < -0.3 is 35.1 Å². The molecule has 0 saturated carbocycles. The van der Waals surface area contributed by atoms with Gasteiger partial charge in [0.25, 0.3) is 0 Å². The number of methoxy groups -OCH3 is 1. The van der Waals surface area contributed by atoms with Gasteiger partial charge in [0.2, 0.25) is 0 Å². The van der Waals surface area contributed by atoms with Crippen LogP contribution in [0.2, 0.25) is 0 Å². The van der Waals surface area contributed by atoms with Gasteiger partial charge in [-0.25, -0.2) is 14.4 Å². The van der Waals surface area contributed by atoms with Crippen molar-refractivity contribution in [1.82, 2.24) is 10.6 Å². The summed E-state index contributed by atoms with van der Waals surface area (Å²) in [6, 6.07) is 38.6. The van der Waals surface area contributed by atoms with Gasteiger partial charge in [0.1, 0.15) is 6.04 Å². The summed E-state index contributed by atoms with van der Waals surface area (Å²) >= 11 is 1.60. The number of carbonyl (C=O) groups is 3. The number of carbonyl (C=O) groups excluding carboxylic acids is 2. The van der Waals surface area contributed by atoms with Gasteiger partial charge in [0.05, 0.1) is 31.5 Å². The van der Waals surface area contributed by atoms with Crippen molar-refractivity contribution in [2.24, 2.45) is 5.92 Å². The Labute approximate surface area is 324 Å². The third-order valence-corrected chi connectivity index (χ3v) is 10.7. The molecule has 0 aromatic heterocycles. The number of esters is 1. The predicted octanol–water partition coefficient (Wildman–Crippen LogP) is 7.71. The molecule has 0 spiro atoms. The first-order valence-corrected chi connectivity index (χ1v) is 19.0. The van der Waals surface area contributed by atoms with Gasteiger partial charge in [-0.15, -0.1) is 11.8 Å². The molecule has 1 fully saturated rings. The van der Waals surface area contributed by atoms with Crippen molar-refractivity contribution < 1.29 is 38.8 Å². The number of aromatic carboxylic acids is 1. The molecular formula is C44H44N2O8S. The number of benzene rings is 5. The van der Waals surface area contributed by atoms with E-state index in [1.807, 2.05) is 115 Å². The zero-order valence-corrected chi connectivity index (χ0v) is 31.4. The molecule has 5 aromatic rings. The standard InChI is InChI=1S/C44H44N2O8S/c1-28-39(27-55-37-20-18-33(19-21-37)41(48)49)53-43(54-40(28)32-16-14-30(26-47)15-17-32)36-13-7-12-35(24-36)34-11-6-10-31(22-34)25-45-44(51)46-38(42(50)52-2)23-29-8-4-3-5-9-29/h3-22,24,28,38-40,43,47H,23,25-27H2,1-2H3,(H,48,49)(H2,45,46,51)/t28-,38+,39+,40+,43+/m1/s1. The highest BCUT2D eigenvalue weighted by atomic mass is 32.2. The van der Waals surface area contributed by atoms with Gasteiger partial charge in [-0.1, -0.05) is 97.9 Å². The van der Waals surface area contributed by atoms with Crippen molar-refractivity contribution in [2.75, 3.05) is 12.9 Å². The Balaban J connectivity index is 1.16. The van der Waals surface area contributed by atoms with Crippen molar-refractivity contribution in [2.45, 2.75) is 55.9 Å². The fourth-order valence-electron chi connectivity index (χ4n) is 6.48. The molecule has 284 valence electrons. The Kier molecular flexibility index (Phi) is 13.4. The average molecular weight is 761 g/mol. The number of urea groups is 1. The van der Waals surface area contributed by atoms with Crippen LogP contribution in [0.4, 0.5) is 4.79 Å². The van der Waals surface area contributed by atoms with Gasteiger partial charge in [-0.3, -0.25) is 0 Å². The molecule has 0 radical (unpaired) electrons. The normalized spacial score (nSPS) is 18.5. The number of hydrogen-bond donors (Lipinski definition) is 4. The number of aliphatic hydroxyl groups excluding tert-OH is 1. The fourth-order valence-corrected chi connectivity index (χ4v) is 7.55. The van der Waals surface area contributed by atoms with Crippen molar-refractivity contribution >= 4 is 29.7 Å². The zero-order valence-electron chi connectivity index (χ0n) is 30.6. The van der Waals surface area contributed by atoms with Crippen molar-refractivity contribution in [3.8, 4) is 11.1 Å². The van der Waals surface area contributed by atoms with E-state index in [1.165, 1.54) is 7.11 Å². The van der Waals surface area contributed by atoms with Crippen molar-refractivity contribution in [1.29, 1.82) is 0 Å². The highest BCUT2D eigenvalue weighted by Crippen LogP contribution is 2.43. The number of thioether (sulfide) groups is 1. The van der Waals surface area contributed by atoms with Crippen LogP contribution < -0.4 is 10.6 Å². The number of aliphatic hydroxyl groups is 1. The number of carboxylic acids is 1. The molecule has 0 unspecified atom stereocenters. The van der Waals surface area contributed by atoms with E-state index in [-0.39, 0.29) is 36.8 Å². The lowest BCUT2D eigenvalue weighted by atomic mass is 9.91. The summed E-state index contributed by atoms with van der Waals surface area (Å²) in [6.45, 7) is 2.30. The second-order valence-corrected chi connectivity index (χ2v) is 14.5. The first kappa shape index (κ1) is 39.2. The van der Waals surface area contributed by atoms with Crippen LogP contribution in [-0.4, -0.2) is 53.2 Å². The minimum atomic E-state index is -0.964. The zero-order chi connectivity index (χ0) is 38.7. The first-order valence-electron chi connectivity index (χ1n) is 18.0. The number of rotatable bonds is 14. The van der Waals surface area contributed by atoms with E-state index >= 15 is 0 Å². The van der Waals surface area contributed by atoms with E-state index < -0.39 is 30.3 Å². The lowest BCUT2D eigenvalue weighted by Crippen LogP contribution is -2.47. The molecule has 1 aliphatic rings. The molecule has 5 atom stereocenters. The molecule has 10 nitrogen and oxygen atoms in total. The lowest BCUT2D eigenvalue weighted by Gasteiger charge is -2.41. The van der Waals surface area contributed by atoms with E-state index in [2.05, 4.69) is 17.6 Å². The molecular weight excluding hydrogens is 717 g/mol. The molecule has 2 amide bonds. The van der Waals surface area contributed by atoms with Gasteiger partial charge in [-0.2, -0.15) is 0 Å². The Hall–Kier alpha value is -5.46. The van der Waals surface area contributed by atoms with Crippen LogP contribution in [0.3, 0.4) is 0 Å². The number of amides is 2. The minimum absolute atomic E-state index is 0.0205. The van der Waals surface area contributed by atoms with E-state index in [0.29, 0.717) is 12.2 Å². The summed E-state index contributed by atoms with van der Waals surface area (Å²) in [5.41, 5.74) is 6.53. The summed E-state index contributed by atoms with van der Waals surface area (Å²) in [6.07, 6.45) is -0.868. The fraction of sp³-hybridized carbons (Fsp3) is 0.250. The van der Waals surface area contributed by atoms with Gasteiger partial charge >= 0.3 is 18.0 Å². The molecule has 0 bridgehead atoms. The Morgan fingerprint density at radius 1 is 0.782 bits per heavy atom. The number of ether oxygens (including phenoxy) is 3. The second-order valence-electron chi connectivity index (χ2n) is 13.4. The molecule has 1 saturated heterocycles. The van der Waals surface area contributed by atoms with Gasteiger partial charge in [0, 0.05) is 35.1 Å². The van der Waals surface area contributed by atoms with Crippen LogP contribution in [0.15, 0.2) is 132 Å². The molecule has 11 heteroatoms. The second kappa shape index (κ2) is 18.7. The number of carboxylic acid groups (broad SMARTS) is 1. The summed E-state index contributed by atoms with van der Waals surface area (Å²) < 4.78 is 18.3. The lowest BCUT2D eigenvalue weighted by molar-refractivity contribution is -0.268. The van der Waals surface area contributed by atoms with Crippen molar-refractivity contribution in [3.63, 3.8) is 0 Å². The van der Waals surface area contributed by atoms with Gasteiger partial charge in [-0.05, 0) is 69.8 Å². The summed E-state index contributed by atoms with van der Waals surface area (Å²) in [5.74, 6) is -0.889. The maximum Gasteiger partial charge on any atom is 0.335 e. The SMILES string of the molecule is COC(=O)[C@H](Cc1ccccc1)NC(=O)NCc1cccc(-c2cccc([C@H]3O[C@@H](CSc4ccc(C(=O)O)cc4)[C@@H](C)[C@@H](c4ccc(CO)cc4)O3)c2)c1. The molecule has 55 heavy (non-hydrogen) atoms. The maximum absolute atomic E-state index is 12.9. The molecule has 1 aliphatic heterocycles. The molecule has 1 heterocycles. The third-order valence-electron chi connectivity index (χ3n) is 9.58. The Bertz CT molecular complexity index is 2060. The molecule has 5 aromatic carbocycles. The average Bonchev–Trinajstić information content (AvgIpc) is 3.22.